The quantitative estimate of drug-likeness (QED) is 0.552. The number of fused-ring (bicyclic) bond motifs is 2. The van der Waals surface area contributed by atoms with E-state index in [1.807, 2.05) is 27.7 Å². The van der Waals surface area contributed by atoms with Crippen LogP contribution >= 0.6 is 0 Å². The van der Waals surface area contributed by atoms with Gasteiger partial charge in [-0.25, -0.2) is 13.2 Å². The molecule has 7 nitrogen and oxygen atoms in total. The molecule has 2 fully saturated rings. The molecule has 1 aromatic rings. The standard InChI is InChI=1S/C25H38N2O5S/c1-17(2)27(18(3)4)22(28)14-32-23(29)19-9-8-10-21(11-19)33(30,31)26-16-25(7)13-20(26)12-24(5,6)15-25/h8-11,17-18,20H,12-16H2,1-7H3/t20-,25+/m0/s1. The fourth-order valence-corrected chi connectivity index (χ4v) is 7.89. The number of nitrogens with zero attached hydrogens (tertiary/aromatic N) is 2. The highest BCUT2D eigenvalue weighted by atomic mass is 32.2. The number of sulfonamides is 1. The average Bonchev–Trinajstić information content (AvgIpc) is 2.95. The summed E-state index contributed by atoms with van der Waals surface area (Å²) in [4.78, 5) is 26.9. The minimum absolute atomic E-state index is 0.0172. The summed E-state index contributed by atoms with van der Waals surface area (Å²) in [7, 11) is -3.75. The van der Waals surface area contributed by atoms with E-state index in [-0.39, 0.29) is 51.9 Å². The normalized spacial score (nSPS) is 24.8. The van der Waals surface area contributed by atoms with E-state index < -0.39 is 16.0 Å². The number of rotatable bonds is 7. The monoisotopic (exact) mass is 478 g/mol. The lowest BCUT2D eigenvalue weighted by atomic mass is 9.65. The third-order valence-corrected chi connectivity index (χ3v) is 8.66. The molecule has 0 aromatic heterocycles. The Kier molecular flexibility index (Phi) is 7.02. The number of carbonyl (C=O) groups excluding carboxylic acids is 2. The Morgan fingerprint density at radius 3 is 2.36 bits per heavy atom. The molecule has 1 heterocycles. The molecule has 0 N–H and O–H groups in total. The molecule has 2 aliphatic rings. The topological polar surface area (TPSA) is 84.0 Å². The number of amides is 1. The Hall–Kier alpha value is -1.93. The van der Waals surface area contributed by atoms with Crippen molar-refractivity contribution >= 4 is 21.9 Å². The van der Waals surface area contributed by atoms with Crippen molar-refractivity contribution in [2.45, 2.75) is 90.7 Å². The van der Waals surface area contributed by atoms with Crippen molar-refractivity contribution in [2.24, 2.45) is 10.8 Å². The van der Waals surface area contributed by atoms with Crippen molar-refractivity contribution in [1.82, 2.24) is 9.21 Å². The molecule has 33 heavy (non-hydrogen) atoms. The van der Waals surface area contributed by atoms with Crippen LogP contribution in [0.5, 0.6) is 0 Å². The lowest BCUT2D eigenvalue weighted by Gasteiger charge is -2.39. The van der Waals surface area contributed by atoms with Crippen LogP contribution in [-0.4, -0.2) is 60.8 Å². The Morgan fingerprint density at radius 2 is 1.76 bits per heavy atom. The fourth-order valence-electron chi connectivity index (χ4n) is 6.07. The van der Waals surface area contributed by atoms with Gasteiger partial charge >= 0.3 is 5.97 Å². The van der Waals surface area contributed by atoms with Crippen LogP contribution < -0.4 is 0 Å². The smallest absolute Gasteiger partial charge is 0.338 e. The van der Waals surface area contributed by atoms with E-state index in [2.05, 4.69) is 20.8 Å². The van der Waals surface area contributed by atoms with Gasteiger partial charge in [-0.05, 0) is 76.0 Å². The van der Waals surface area contributed by atoms with Crippen LogP contribution in [0.4, 0.5) is 0 Å². The van der Waals surface area contributed by atoms with E-state index in [1.54, 1.807) is 15.3 Å². The minimum Gasteiger partial charge on any atom is -0.452 e. The van der Waals surface area contributed by atoms with Crippen LogP contribution in [0.1, 0.15) is 78.1 Å². The molecule has 1 saturated heterocycles. The van der Waals surface area contributed by atoms with Crippen LogP contribution in [-0.2, 0) is 19.6 Å². The van der Waals surface area contributed by atoms with Crippen LogP contribution in [0.2, 0.25) is 0 Å². The second-order valence-corrected chi connectivity index (χ2v) is 13.2. The Morgan fingerprint density at radius 1 is 1.12 bits per heavy atom. The van der Waals surface area contributed by atoms with E-state index in [4.69, 9.17) is 4.74 Å². The van der Waals surface area contributed by atoms with Crippen molar-refractivity contribution in [1.29, 1.82) is 0 Å². The van der Waals surface area contributed by atoms with Gasteiger partial charge in [-0.15, -0.1) is 0 Å². The summed E-state index contributed by atoms with van der Waals surface area (Å²) in [5, 5.41) is 0. The van der Waals surface area contributed by atoms with Gasteiger partial charge in [-0.1, -0.05) is 26.8 Å². The van der Waals surface area contributed by atoms with Crippen molar-refractivity contribution in [3.63, 3.8) is 0 Å². The fraction of sp³-hybridized carbons (Fsp3) is 0.680. The van der Waals surface area contributed by atoms with E-state index in [9.17, 15) is 18.0 Å². The summed E-state index contributed by atoms with van der Waals surface area (Å²) in [6.45, 7) is 14.3. The predicted molar refractivity (Wildman–Crippen MR) is 127 cm³/mol. The van der Waals surface area contributed by atoms with Crippen molar-refractivity contribution in [2.75, 3.05) is 13.2 Å². The van der Waals surface area contributed by atoms with Gasteiger partial charge in [0.1, 0.15) is 0 Å². The lowest BCUT2D eigenvalue weighted by molar-refractivity contribution is -0.138. The van der Waals surface area contributed by atoms with Gasteiger partial charge in [0.25, 0.3) is 5.91 Å². The van der Waals surface area contributed by atoms with Gasteiger partial charge in [-0.2, -0.15) is 4.31 Å². The maximum atomic E-state index is 13.5. The lowest BCUT2D eigenvalue weighted by Crippen LogP contribution is -2.44. The predicted octanol–water partition coefficient (Wildman–Crippen LogP) is 4.08. The Bertz CT molecular complexity index is 1010. The van der Waals surface area contributed by atoms with Crippen LogP contribution in [0.3, 0.4) is 0 Å². The van der Waals surface area contributed by atoms with E-state index in [0.717, 1.165) is 19.3 Å². The molecule has 0 radical (unpaired) electrons. The average molecular weight is 479 g/mol. The first-order valence-corrected chi connectivity index (χ1v) is 13.2. The van der Waals surface area contributed by atoms with Gasteiger partial charge in [-0.3, -0.25) is 4.79 Å². The second-order valence-electron chi connectivity index (χ2n) is 11.4. The number of hydrogen-bond donors (Lipinski definition) is 0. The molecule has 8 heteroatoms. The zero-order chi connectivity index (χ0) is 24.8. The summed E-state index contributed by atoms with van der Waals surface area (Å²) in [5.41, 5.74) is 0.188. The molecule has 3 rings (SSSR count). The molecular formula is C25H38N2O5S. The van der Waals surface area contributed by atoms with Crippen molar-refractivity contribution < 1.29 is 22.7 Å². The summed E-state index contributed by atoms with van der Waals surface area (Å²) >= 11 is 0. The first-order valence-electron chi connectivity index (χ1n) is 11.8. The third kappa shape index (κ3) is 5.43. The van der Waals surface area contributed by atoms with Gasteiger partial charge in [0.2, 0.25) is 10.0 Å². The largest absolute Gasteiger partial charge is 0.452 e. The molecule has 1 aliphatic carbocycles. The second kappa shape index (κ2) is 9.02. The molecule has 1 saturated carbocycles. The van der Waals surface area contributed by atoms with Crippen LogP contribution in [0, 0.1) is 10.8 Å². The van der Waals surface area contributed by atoms with Crippen molar-refractivity contribution in [3.8, 4) is 0 Å². The van der Waals surface area contributed by atoms with Gasteiger partial charge in [0.15, 0.2) is 6.61 Å². The third-order valence-electron chi connectivity index (χ3n) is 6.77. The van der Waals surface area contributed by atoms with E-state index >= 15 is 0 Å². The number of carbonyl (C=O) groups is 2. The molecule has 1 amide bonds. The minimum atomic E-state index is -3.75. The highest BCUT2D eigenvalue weighted by Gasteiger charge is 2.53. The Labute approximate surface area is 198 Å². The molecule has 2 bridgehead atoms. The van der Waals surface area contributed by atoms with Crippen LogP contribution in [0.25, 0.3) is 0 Å². The number of esters is 1. The molecule has 0 spiro atoms. The summed E-state index contributed by atoms with van der Waals surface area (Å²) in [6, 6.07) is 5.88. The first-order chi connectivity index (χ1) is 15.2. The summed E-state index contributed by atoms with van der Waals surface area (Å²) in [5.74, 6) is -0.988. The highest BCUT2D eigenvalue weighted by molar-refractivity contribution is 7.89. The molecule has 1 aromatic carbocycles. The molecular weight excluding hydrogens is 440 g/mol. The zero-order valence-electron chi connectivity index (χ0n) is 20.9. The molecule has 1 aliphatic heterocycles. The number of hydrogen-bond acceptors (Lipinski definition) is 5. The maximum absolute atomic E-state index is 13.5. The van der Waals surface area contributed by atoms with E-state index in [0.29, 0.717) is 6.54 Å². The molecule has 184 valence electrons. The zero-order valence-corrected chi connectivity index (χ0v) is 21.7. The number of ether oxygens (including phenoxy) is 1. The van der Waals surface area contributed by atoms with Gasteiger partial charge in [0.05, 0.1) is 10.5 Å². The molecule has 0 unspecified atom stereocenters. The number of benzene rings is 1. The SMILES string of the molecule is CC(C)N(C(=O)COC(=O)c1cccc(S(=O)(=O)N2C[C@]3(C)C[C@@H]2CC(C)(C)C3)c1)C(C)C. The highest BCUT2D eigenvalue weighted by Crippen LogP contribution is 2.53. The summed E-state index contributed by atoms with van der Waals surface area (Å²) in [6.07, 6.45) is 2.68. The summed E-state index contributed by atoms with van der Waals surface area (Å²) < 4.78 is 33.9. The van der Waals surface area contributed by atoms with Crippen molar-refractivity contribution in [3.05, 3.63) is 29.8 Å². The van der Waals surface area contributed by atoms with E-state index in [1.165, 1.54) is 18.2 Å². The molecule has 2 atom stereocenters. The van der Waals surface area contributed by atoms with Gasteiger partial charge < -0.3 is 9.64 Å². The van der Waals surface area contributed by atoms with Gasteiger partial charge in [0, 0.05) is 24.7 Å². The first kappa shape index (κ1) is 25.7. The maximum Gasteiger partial charge on any atom is 0.338 e. The Balaban J connectivity index is 1.75. The van der Waals surface area contributed by atoms with Crippen LogP contribution in [0.15, 0.2) is 29.2 Å².